The zero-order valence-corrected chi connectivity index (χ0v) is 16.6. The van der Waals surface area contributed by atoms with E-state index in [1.807, 2.05) is 53.4 Å². The molecule has 1 atom stereocenters. The second-order valence-corrected chi connectivity index (χ2v) is 7.43. The number of imidazole rings is 1. The summed E-state index contributed by atoms with van der Waals surface area (Å²) in [6.07, 6.45) is 1.30. The third-order valence-corrected chi connectivity index (χ3v) is 5.54. The quantitative estimate of drug-likeness (QED) is 0.697. The number of hydrogen-bond donors (Lipinski definition) is 2. The zero-order valence-electron chi connectivity index (χ0n) is 16.6. The lowest BCUT2D eigenvalue weighted by molar-refractivity contribution is 0.0703. The molecule has 1 saturated heterocycles. The molecule has 2 aromatic carbocycles. The van der Waals surface area contributed by atoms with Gasteiger partial charge in [0.1, 0.15) is 6.61 Å². The Morgan fingerprint density at radius 1 is 1.17 bits per heavy atom. The normalized spacial score (nSPS) is 16.9. The van der Waals surface area contributed by atoms with Crippen LogP contribution in [0.4, 0.5) is 4.79 Å². The number of amides is 1. The van der Waals surface area contributed by atoms with Crippen molar-refractivity contribution < 1.29 is 9.53 Å². The fourth-order valence-electron chi connectivity index (χ4n) is 3.97. The molecule has 4 rings (SSSR count). The van der Waals surface area contributed by atoms with Crippen LogP contribution in [0.15, 0.2) is 53.3 Å². The lowest BCUT2D eigenvalue weighted by Gasteiger charge is -2.35. The topological polar surface area (TPSA) is 79.4 Å². The van der Waals surface area contributed by atoms with Crippen molar-refractivity contribution in [3.8, 4) is 0 Å². The van der Waals surface area contributed by atoms with E-state index in [1.54, 1.807) is 11.6 Å². The van der Waals surface area contributed by atoms with E-state index in [4.69, 9.17) is 4.74 Å². The largest absolute Gasteiger partial charge is 0.445 e. The molecule has 1 aromatic heterocycles. The molecule has 1 aliphatic rings. The number of aromatic amines is 1. The monoisotopic (exact) mass is 394 g/mol. The van der Waals surface area contributed by atoms with Gasteiger partial charge in [0.2, 0.25) is 0 Å². The Hall–Kier alpha value is -3.06. The van der Waals surface area contributed by atoms with Crippen molar-refractivity contribution in [2.24, 2.45) is 7.05 Å². The molecular formula is C22H26N4O3. The van der Waals surface area contributed by atoms with E-state index in [-0.39, 0.29) is 24.4 Å². The minimum absolute atomic E-state index is 0.0539. The predicted octanol–water partition coefficient (Wildman–Crippen LogP) is 2.41. The molecule has 0 bridgehead atoms. The van der Waals surface area contributed by atoms with Crippen LogP contribution in [0, 0.1) is 0 Å². The van der Waals surface area contributed by atoms with Crippen LogP contribution in [0.5, 0.6) is 0 Å². The SMILES string of the molecule is Cn1c(=O)[nH]c2cccc(CC[C@@H]3CNCCN3C(=O)OCc3ccccc3)c21. The summed E-state index contributed by atoms with van der Waals surface area (Å²) in [5.74, 6) is 0. The first kappa shape index (κ1) is 19.3. The van der Waals surface area contributed by atoms with Crippen LogP contribution < -0.4 is 11.0 Å². The lowest BCUT2D eigenvalue weighted by atomic mass is 10.0. The Balaban J connectivity index is 1.43. The van der Waals surface area contributed by atoms with Gasteiger partial charge < -0.3 is 19.9 Å². The van der Waals surface area contributed by atoms with Gasteiger partial charge >= 0.3 is 11.8 Å². The van der Waals surface area contributed by atoms with Gasteiger partial charge in [-0.1, -0.05) is 42.5 Å². The first-order valence-corrected chi connectivity index (χ1v) is 9.98. The lowest BCUT2D eigenvalue weighted by Crippen LogP contribution is -2.53. The second-order valence-electron chi connectivity index (χ2n) is 7.43. The molecule has 0 aliphatic carbocycles. The van der Waals surface area contributed by atoms with E-state index in [0.717, 1.165) is 48.1 Å². The number of benzene rings is 2. The highest BCUT2D eigenvalue weighted by Crippen LogP contribution is 2.20. The van der Waals surface area contributed by atoms with E-state index in [2.05, 4.69) is 10.3 Å². The molecule has 29 heavy (non-hydrogen) atoms. The number of hydrogen-bond acceptors (Lipinski definition) is 4. The standard InChI is InChI=1S/C22H26N4O3/c1-25-20-17(8-5-9-19(20)24-21(25)27)10-11-18-14-23-12-13-26(18)22(28)29-15-16-6-3-2-4-7-16/h2-9,18,23H,10-15H2,1H3,(H,24,27)/t18-/m1/s1. The third kappa shape index (κ3) is 4.19. The molecule has 7 nitrogen and oxygen atoms in total. The average molecular weight is 394 g/mol. The molecule has 1 amide bonds. The van der Waals surface area contributed by atoms with Crippen LogP contribution in [0.25, 0.3) is 11.0 Å². The maximum atomic E-state index is 12.7. The Bertz CT molecular complexity index is 1040. The summed E-state index contributed by atoms with van der Waals surface area (Å²) in [5, 5.41) is 3.37. The van der Waals surface area contributed by atoms with Gasteiger partial charge in [0.05, 0.1) is 11.0 Å². The zero-order chi connectivity index (χ0) is 20.2. The molecule has 0 saturated carbocycles. The summed E-state index contributed by atoms with van der Waals surface area (Å²) in [5.41, 5.74) is 3.74. The predicted molar refractivity (Wildman–Crippen MR) is 112 cm³/mol. The fraction of sp³-hybridized carbons (Fsp3) is 0.364. The summed E-state index contributed by atoms with van der Waals surface area (Å²) in [4.78, 5) is 29.3. The van der Waals surface area contributed by atoms with Crippen LogP contribution in [-0.4, -0.2) is 46.2 Å². The van der Waals surface area contributed by atoms with Crippen LogP contribution in [-0.2, 0) is 24.8 Å². The van der Waals surface area contributed by atoms with E-state index in [1.165, 1.54) is 0 Å². The molecule has 152 valence electrons. The summed E-state index contributed by atoms with van der Waals surface area (Å²) in [6.45, 7) is 2.41. The van der Waals surface area contributed by atoms with Crippen LogP contribution >= 0.6 is 0 Å². The minimum Gasteiger partial charge on any atom is -0.445 e. The Labute approximate surface area is 169 Å². The Morgan fingerprint density at radius 2 is 2.00 bits per heavy atom. The van der Waals surface area contributed by atoms with Crippen LogP contribution in [0.2, 0.25) is 0 Å². The van der Waals surface area contributed by atoms with Crippen molar-refractivity contribution in [1.82, 2.24) is 19.8 Å². The van der Waals surface area contributed by atoms with Gasteiger partial charge in [-0.3, -0.25) is 4.57 Å². The van der Waals surface area contributed by atoms with E-state index in [0.29, 0.717) is 6.54 Å². The van der Waals surface area contributed by atoms with Gasteiger partial charge in [-0.2, -0.15) is 0 Å². The van der Waals surface area contributed by atoms with Crippen LogP contribution in [0.1, 0.15) is 17.5 Å². The second kappa shape index (κ2) is 8.53. The van der Waals surface area contributed by atoms with Gasteiger partial charge in [-0.15, -0.1) is 0 Å². The number of ether oxygens (including phenoxy) is 1. The van der Waals surface area contributed by atoms with Gasteiger partial charge in [-0.05, 0) is 30.0 Å². The molecule has 1 fully saturated rings. The number of H-pyrrole nitrogens is 1. The fourth-order valence-corrected chi connectivity index (χ4v) is 3.97. The number of carbonyl (C=O) groups excluding carboxylic acids is 1. The van der Waals surface area contributed by atoms with Gasteiger partial charge in [0, 0.05) is 32.7 Å². The number of para-hydroxylation sites is 1. The Kier molecular flexibility index (Phi) is 5.67. The average Bonchev–Trinajstić information content (AvgIpc) is 3.05. The van der Waals surface area contributed by atoms with Gasteiger partial charge in [0.25, 0.3) is 0 Å². The molecule has 0 radical (unpaired) electrons. The molecule has 3 aromatic rings. The van der Waals surface area contributed by atoms with E-state index < -0.39 is 0 Å². The number of piperazine rings is 1. The minimum atomic E-state index is -0.271. The van der Waals surface area contributed by atoms with Crippen molar-refractivity contribution >= 4 is 17.1 Å². The number of aromatic nitrogens is 2. The number of aryl methyl sites for hydroxylation is 2. The molecule has 2 N–H and O–H groups in total. The molecule has 1 aliphatic heterocycles. The van der Waals surface area contributed by atoms with Crippen molar-refractivity contribution in [2.75, 3.05) is 19.6 Å². The number of nitrogens with one attached hydrogen (secondary N) is 2. The molecular weight excluding hydrogens is 368 g/mol. The number of carbonyl (C=O) groups is 1. The molecule has 0 unspecified atom stereocenters. The van der Waals surface area contributed by atoms with Gasteiger partial charge in [-0.25, -0.2) is 9.59 Å². The summed E-state index contributed by atoms with van der Waals surface area (Å²) >= 11 is 0. The van der Waals surface area contributed by atoms with Crippen LogP contribution in [0.3, 0.4) is 0 Å². The molecule has 2 heterocycles. The van der Waals surface area contributed by atoms with E-state index >= 15 is 0 Å². The number of fused-ring (bicyclic) bond motifs is 1. The van der Waals surface area contributed by atoms with Crippen molar-refractivity contribution in [2.45, 2.75) is 25.5 Å². The summed E-state index contributed by atoms with van der Waals surface area (Å²) < 4.78 is 7.20. The number of rotatable bonds is 5. The van der Waals surface area contributed by atoms with Crippen molar-refractivity contribution in [3.63, 3.8) is 0 Å². The molecule has 0 spiro atoms. The van der Waals surface area contributed by atoms with E-state index in [9.17, 15) is 9.59 Å². The Morgan fingerprint density at radius 3 is 2.83 bits per heavy atom. The highest BCUT2D eigenvalue weighted by Gasteiger charge is 2.27. The molecule has 7 heteroatoms. The van der Waals surface area contributed by atoms with Crippen molar-refractivity contribution in [1.29, 1.82) is 0 Å². The highest BCUT2D eigenvalue weighted by molar-refractivity contribution is 5.79. The summed E-state index contributed by atoms with van der Waals surface area (Å²) in [7, 11) is 1.78. The summed E-state index contributed by atoms with van der Waals surface area (Å²) in [6, 6.07) is 15.7. The first-order chi connectivity index (χ1) is 14.1. The maximum Gasteiger partial charge on any atom is 0.410 e. The first-order valence-electron chi connectivity index (χ1n) is 9.98. The number of nitrogens with zero attached hydrogens (tertiary/aromatic N) is 2. The third-order valence-electron chi connectivity index (χ3n) is 5.54. The maximum absolute atomic E-state index is 12.7. The van der Waals surface area contributed by atoms with Gasteiger partial charge in [0.15, 0.2) is 0 Å². The smallest absolute Gasteiger partial charge is 0.410 e. The highest BCUT2D eigenvalue weighted by atomic mass is 16.6. The van der Waals surface area contributed by atoms with Crippen molar-refractivity contribution in [3.05, 3.63) is 70.1 Å².